The molecule has 3 aromatic carbocycles. The van der Waals surface area contributed by atoms with Crippen LogP contribution in [-0.4, -0.2) is 23.6 Å². The first-order valence-corrected chi connectivity index (χ1v) is 7.76. The van der Waals surface area contributed by atoms with Crippen molar-refractivity contribution in [3.63, 3.8) is 0 Å². The third-order valence-corrected chi connectivity index (χ3v) is 3.74. The van der Waals surface area contributed by atoms with Crippen LogP contribution in [-0.2, 0) is 9.53 Å². The maximum atomic E-state index is 12.2. The SMILES string of the molecule is N#Cc1ccccc1NC(=O)COC(=O)c1cc2ccccc2cc1O. The number of ether oxygens (including phenoxy) is 1. The Labute approximate surface area is 149 Å². The van der Waals surface area contributed by atoms with Crippen molar-refractivity contribution < 1.29 is 19.4 Å². The number of benzene rings is 3. The predicted molar refractivity (Wildman–Crippen MR) is 95.7 cm³/mol. The number of hydrogen-bond acceptors (Lipinski definition) is 5. The zero-order valence-corrected chi connectivity index (χ0v) is 13.6. The van der Waals surface area contributed by atoms with Crippen molar-refractivity contribution in [2.45, 2.75) is 0 Å². The molecular formula is C20H14N2O4. The number of nitriles is 1. The summed E-state index contributed by atoms with van der Waals surface area (Å²) in [6.45, 7) is -0.537. The van der Waals surface area contributed by atoms with Gasteiger partial charge in [0.2, 0.25) is 0 Å². The summed E-state index contributed by atoms with van der Waals surface area (Å²) < 4.78 is 4.97. The standard InChI is InChI=1S/C20H14N2O4/c21-11-15-7-3-4-8-17(15)22-19(24)12-26-20(25)16-9-13-5-1-2-6-14(13)10-18(16)23/h1-10,23H,12H2,(H,22,24). The Balaban J connectivity index is 1.68. The minimum Gasteiger partial charge on any atom is -0.507 e. The first kappa shape index (κ1) is 17.0. The molecule has 1 amide bonds. The second-order valence-corrected chi connectivity index (χ2v) is 5.50. The van der Waals surface area contributed by atoms with E-state index in [0.29, 0.717) is 11.3 Å². The molecule has 2 N–H and O–H groups in total. The van der Waals surface area contributed by atoms with Gasteiger partial charge in [0.25, 0.3) is 5.91 Å². The number of nitrogens with zero attached hydrogens (tertiary/aromatic N) is 1. The normalized spacial score (nSPS) is 10.1. The number of hydrogen-bond donors (Lipinski definition) is 2. The number of phenolic OH excluding ortho intramolecular Hbond substituents is 1. The first-order valence-electron chi connectivity index (χ1n) is 7.76. The number of aromatic hydroxyl groups is 1. The zero-order chi connectivity index (χ0) is 18.5. The largest absolute Gasteiger partial charge is 0.507 e. The van der Waals surface area contributed by atoms with Crippen LogP contribution < -0.4 is 5.32 Å². The van der Waals surface area contributed by atoms with Crippen LogP contribution in [0.1, 0.15) is 15.9 Å². The molecule has 0 atom stereocenters. The van der Waals surface area contributed by atoms with Crippen LogP contribution in [0.3, 0.4) is 0 Å². The topological polar surface area (TPSA) is 99.4 Å². The molecule has 0 aromatic heterocycles. The van der Waals surface area contributed by atoms with Crippen molar-refractivity contribution in [2.75, 3.05) is 11.9 Å². The molecule has 6 nitrogen and oxygen atoms in total. The lowest BCUT2D eigenvalue weighted by atomic mass is 10.1. The number of phenols is 1. The van der Waals surface area contributed by atoms with E-state index >= 15 is 0 Å². The Morgan fingerprint density at radius 2 is 1.69 bits per heavy atom. The van der Waals surface area contributed by atoms with Crippen molar-refractivity contribution >= 4 is 28.3 Å². The number of nitrogens with one attached hydrogen (secondary N) is 1. The van der Waals surface area contributed by atoms with Crippen molar-refractivity contribution in [1.82, 2.24) is 0 Å². The van der Waals surface area contributed by atoms with Gasteiger partial charge in [-0.15, -0.1) is 0 Å². The van der Waals surface area contributed by atoms with Gasteiger partial charge in [0.05, 0.1) is 11.3 Å². The van der Waals surface area contributed by atoms with E-state index in [9.17, 15) is 14.7 Å². The van der Waals surface area contributed by atoms with Gasteiger partial charge in [-0.3, -0.25) is 4.79 Å². The van der Waals surface area contributed by atoms with E-state index in [4.69, 9.17) is 10.00 Å². The van der Waals surface area contributed by atoms with E-state index < -0.39 is 18.5 Å². The van der Waals surface area contributed by atoms with E-state index in [-0.39, 0.29) is 11.3 Å². The minimum atomic E-state index is -0.808. The zero-order valence-electron chi connectivity index (χ0n) is 13.6. The van der Waals surface area contributed by atoms with Gasteiger partial charge in [0, 0.05) is 0 Å². The fourth-order valence-electron chi connectivity index (χ4n) is 2.48. The van der Waals surface area contributed by atoms with Crippen LogP contribution in [0.5, 0.6) is 5.75 Å². The summed E-state index contributed by atoms with van der Waals surface area (Å²) in [4.78, 5) is 24.1. The monoisotopic (exact) mass is 346 g/mol. The number of carbonyl (C=O) groups is 2. The van der Waals surface area contributed by atoms with Crippen molar-refractivity contribution in [2.24, 2.45) is 0 Å². The van der Waals surface area contributed by atoms with Crippen molar-refractivity contribution in [1.29, 1.82) is 5.26 Å². The van der Waals surface area contributed by atoms with Crippen LogP contribution >= 0.6 is 0 Å². The fourth-order valence-corrected chi connectivity index (χ4v) is 2.48. The number of fused-ring (bicyclic) bond motifs is 1. The van der Waals surface area contributed by atoms with Gasteiger partial charge < -0.3 is 15.2 Å². The summed E-state index contributed by atoms with van der Waals surface area (Å²) >= 11 is 0. The summed E-state index contributed by atoms with van der Waals surface area (Å²) in [6.07, 6.45) is 0. The lowest BCUT2D eigenvalue weighted by Crippen LogP contribution is -2.21. The minimum absolute atomic E-state index is 0.0195. The van der Waals surface area contributed by atoms with Crippen molar-refractivity contribution in [3.8, 4) is 11.8 Å². The molecule has 26 heavy (non-hydrogen) atoms. The van der Waals surface area contributed by atoms with Gasteiger partial charge in [-0.1, -0.05) is 36.4 Å². The molecule has 0 unspecified atom stereocenters. The van der Waals surface area contributed by atoms with Crippen LogP contribution in [0.25, 0.3) is 10.8 Å². The number of esters is 1. The maximum absolute atomic E-state index is 12.2. The van der Waals surface area contributed by atoms with E-state index in [1.807, 2.05) is 24.3 Å². The van der Waals surface area contributed by atoms with Gasteiger partial charge >= 0.3 is 5.97 Å². The molecule has 0 aliphatic heterocycles. The third-order valence-electron chi connectivity index (χ3n) is 3.74. The van der Waals surface area contributed by atoms with Gasteiger partial charge in [-0.05, 0) is 35.0 Å². The van der Waals surface area contributed by atoms with E-state index in [0.717, 1.165) is 10.8 Å². The van der Waals surface area contributed by atoms with Gasteiger partial charge in [0.1, 0.15) is 17.4 Å². The molecule has 0 saturated carbocycles. The molecule has 0 radical (unpaired) electrons. The third kappa shape index (κ3) is 3.62. The Morgan fingerprint density at radius 3 is 2.42 bits per heavy atom. The second kappa shape index (κ2) is 7.36. The molecule has 6 heteroatoms. The lowest BCUT2D eigenvalue weighted by Gasteiger charge is -2.09. The first-order chi connectivity index (χ1) is 12.6. The number of rotatable bonds is 4. The van der Waals surface area contributed by atoms with Crippen LogP contribution in [0.4, 0.5) is 5.69 Å². The second-order valence-electron chi connectivity index (χ2n) is 5.50. The quantitative estimate of drug-likeness (QED) is 0.707. The van der Waals surface area contributed by atoms with Gasteiger partial charge in [0.15, 0.2) is 6.61 Å². The molecule has 3 aromatic rings. The van der Waals surface area contributed by atoms with E-state index in [2.05, 4.69) is 5.32 Å². The summed E-state index contributed by atoms with van der Waals surface area (Å²) in [7, 11) is 0. The van der Waals surface area contributed by atoms with Gasteiger partial charge in [-0.2, -0.15) is 5.26 Å². The molecule has 0 aliphatic rings. The highest BCUT2D eigenvalue weighted by atomic mass is 16.5. The number of anilines is 1. The molecule has 0 spiro atoms. The number of carbonyl (C=O) groups excluding carboxylic acids is 2. The average molecular weight is 346 g/mol. The van der Waals surface area contributed by atoms with Crippen LogP contribution in [0.15, 0.2) is 60.7 Å². The van der Waals surface area contributed by atoms with Gasteiger partial charge in [-0.25, -0.2) is 4.79 Å². The summed E-state index contributed by atoms with van der Waals surface area (Å²) in [5, 5.41) is 23.1. The summed E-state index contributed by atoms with van der Waals surface area (Å²) in [5.41, 5.74) is 0.623. The lowest BCUT2D eigenvalue weighted by molar-refractivity contribution is -0.119. The predicted octanol–water partition coefficient (Wildman–Crippen LogP) is 3.21. The molecule has 0 saturated heterocycles. The fraction of sp³-hybridized carbons (Fsp3) is 0.0500. The van der Waals surface area contributed by atoms with Crippen molar-refractivity contribution in [3.05, 3.63) is 71.8 Å². The van der Waals surface area contributed by atoms with Crippen LogP contribution in [0, 0.1) is 11.3 Å². The molecule has 0 fully saturated rings. The highest BCUT2D eigenvalue weighted by molar-refractivity contribution is 6.00. The molecule has 3 rings (SSSR count). The number of amides is 1. The van der Waals surface area contributed by atoms with Crippen LogP contribution in [0.2, 0.25) is 0 Å². The summed E-state index contributed by atoms with van der Waals surface area (Å²) in [5.74, 6) is -1.61. The molecule has 128 valence electrons. The molecule has 0 aliphatic carbocycles. The average Bonchev–Trinajstić information content (AvgIpc) is 2.66. The Kier molecular flexibility index (Phi) is 4.81. The van der Waals surface area contributed by atoms with E-state index in [1.54, 1.807) is 30.3 Å². The Hall–Kier alpha value is -3.85. The number of para-hydroxylation sites is 1. The molecule has 0 bridgehead atoms. The highest BCUT2D eigenvalue weighted by Gasteiger charge is 2.16. The van der Waals surface area contributed by atoms with E-state index in [1.165, 1.54) is 12.1 Å². The molecule has 0 heterocycles. The summed E-state index contributed by atoms with van der Waals surface area (Å²) in [6, 6.07) is 18.7. The Morgan fingerprint density at radius 1 is 1.04 bits per heavy atom. The Bertz CT molecular complexity index is 1040. The maximum Gasteiger partial charge on any atom is 0.342 e. The molecular weight excluding hydrogens is 332 g/mol. The smallest absolute Gasteiger partial charge is 0.342 e. The highest BCUT2D eigenvalue weighted by Crippen LogP contribution is 2.25.